The zero-order valence-corrected chi connectivity index (χ0v) is 11.6. The summed E-state index contributed by atoms with van der Waals surface area (Å²) >= 11 is 0. The van der Waals surface area contributed by atoms with Gasteiger partial charge >= 0.3 is 0 Å². The number of benzene rings is 1. The topological polar surface area (TPSA) is 55.1 Å². The van der Waals surface area contributed by atoms with Gasteiger partial charge in [0.1, 0.15) is 0 Å². The fraction of sp³-hybridized carbons (Fsp3) is 0.533. The molecule has 1 aromatic rings. The lowest BCUT2D eigenvalue weighted by Crippen LogP contribution is -2.46. The second-order valence-electron chi connectivity index (χ2n) is 5.31. The molecule has 0 aromatic heterocycles. The Balaban J connectivity index is 2.50. The number of rotatable bonds is 6. The minimum atomic E-state index is -0.208. The van der Waals surface area contributed by atoms with Crippen molar-refractivity contribution in [2.45, 2.75) is 45.6 Å². The number of nitrogens with one attached hydrogen (secondary N) is 1. The van der Waals surface area contributed by atoms with Crippen LogP contribution >= 0.6 is 0 Å². The van der Waals surface area contributed by atoms with Crippen LogP contribution in [-0.2, 0) is 17.6 Å². The van der Waals surface area contributed by atoms with Gasteiger partial charge in [0.15, 0.2) is 0 Å². The minimum Gasteiger partial charge on any atom is -0.350 e. The monoisotopic (exact) mass is 248 g/mol. The Hall–Kier alpha value is -1.35. The van der Waals surface area contributed by atoms with E-state index in [0.29, 0.717) is 0 Å². The summed E-state index contributed by atoms with van der Waals surface area (Å²) in [6, 6.07) is 8.67. The first-order valence-corrected chi connectivity index (χ1v) is 6.56. The van der Waals surface area contributed by atoms with Gasteiger partial charge in [-0.15, -0.1) is 0 Å². The van der Waals surface area contributed by atoms with Gasteiger partial charge in [0.25, 0.3) is 0 Å². The van der Waals surface area contributed by atoms with Gasteiger partial charge < -0.3 is 11.1 Å². The molecule has 3 N–H and O–H groups in total. The molecular weight excluding hydrogens is 224 g/mol. The van der Waals surface area contributed by atoms with E-state index in [4.69, 9.17) is 5.73 Å². The van der Waals surface area contributed by atoms with Crippen LogP contribution in [0.5, 0.6) is 0 Å². The molecule has 0 saturated carbocycles. The van der Waals surface area contributed by atoms with Gasteiger partial charge in [-0.05, 0) is 44.2 Å². The van der Waals surface area contributed by atoms with Crippen molar-refractivity contribution in [3.8, 4) is 0 Å². The summed E-state index contributed by atoms with van der Waals surface area (Å²) in [5.74, 6) is -0.0960. The van der Waals surface area contributed by atoms with E-state index in [1.54, 1.807) is 0 Å². The smallest absolute Gasteiger partial charge is 0.234 e. The van der Waals surface area contributed by atoms with Crippen LogP contribution in [0, 0.1) is 0 Å². The van der Waals surface area contributed by atoms with Crippen LogP contribution in [0.3, 0.4) is 0 Å². The molecule has 0 unspecified atom stereocenters. The first-order valence-electron chi connectivity index (χ1n) is 6.56. The maximum Gasteiger partial charge on any atom is 0.234 e. The van der Waals surface area contributed by atoms with Crippen LogP contribution in [0.15, 0.2) is 24.3 Å². The lowest BCUT2D eigenvalue weighted by molar-refractivity contribution is -0.121. The van der Waals surface area contributed by atoms with Crippen LogP contribution in [0.4, 0.5) is 0 Å². The van der Waals surface area contributed by atoms with Gasteiger partial charge in [-0.25, -0.2) is 0 Å². The molecule has 18 heavy (non-hydrogen) atoms. The van der Waals surface area contributed by atoms with Gasteiger partial charge in [0.05, 0.1) is 6.54 Å². The van der Waals surface area contributed by atoms with Crippen molar-refractivity contribution in [2.75, 3.05) is 6.54 Å². The highest BCUT2D eigenvalue weighted by Crippen LogP contribution is 2.14. The summed E-state index contributed by atoms with van der Waals surface area (Å²) < 4.78 is 0. The molecule has 0 aliphatic heterocycles. The molecular formula is C15H24N2O. The highest BCUT2D eigenvalue weighted by molar-refractivity contribution is 5.78. The number of nitrogens with two attached hydrogens (primary N) is 1. The molecule has 3 heteroatoms. The Bertz CT molecular complexity index is 382. The average molecular weight is 248 g/mol. The van der Waals surface area contributed by atoms with Crippen molar-refractivity contribution < 1.29 is 4.79 Å². The van der Waals surface area contributed by atoms with Crippen LogP contribution in [-0.4, -0.2) is 18.0 Å². The third kappa shape index (κ3) is 4.88. The molecule has 1 amide bonds. The summed E-state index contributed by atoms with van der Waals surface area (Å²) in [7, 11) is 0. The third-order valence-electron chi connectivity index (χ3n) is 3.13. The van der Waals surface area contributed by atoms with Crippen LogP contribution in [0.2, 0.25) is 0 Å². The van der Waals surface area contributed by atoms with Gasteiger partial charge in [-0.2, -0.15) is 0 Å². The number of hydrogen-bond acceptors (Lipinski definition) is 2. The summed E-state index contributed by atoms with van der Waals surface area (Å²) in [5, 5.41) is 2.93. The Kier molecular flexibility index (Phi) is 5.35. The minimum absolute atomic E-state index is 0.0502. The zero-order chi connectivity index (χ0) is 13.6. The fourth-order valence-corrected chi connectivity index (χ4v) is 1.89. The summed E-state index contributed by atoms with van der Waals surface area (Å²) in [6.07, 6.45) is 2.93. The Labute approximate surface area is 110 Å². The molecule has 0 heterocycles. The van der Waals surface area contributed by atoms with E-state index in [1.807, 2.05) is 13.8 Å². The predicted molar refractivity (Wildman–Crippen MR) is 75.4 cm³/mol. The maximum atomic E-state index is 11.3. The molecule has 0 radical (unpaired) electrons. The standard InChI is InChI=1S/C15H24N2O/c1-4-12-5-7-13(8-6-12)9-10-15(2,3)17-14(18)11-16/h5-8H,4,9-11,16H2,1-3H3,(H,17,18). The number of aryl methyl sites for hydroxylation is 2. The Morgan fingerprint density at radius 2 is 1.78 bits per heavy atom. The summed E-state index contributed by atoms with van der Waals surface area (Å²) in [5.41, 5.74) is 7.76. The molecule has 0 saturated heterocycles. The van der Waals surface area contributed by atoms with E-state index < -0.39 is 0 Å². The molecule has 0 aliphatic rings. The van der Waals surface area contributed by atoms with Crippen LogP contribution < -0.4 is 11.1 Å². The van der Waals surface area contributed by atoms with E-state index in [-0.39, 0.29) is 18.0 Å². The van der Waals surface area contributed by atoms with Crippen molar-refractivity contribution in [1.82, 2.24) is 5.32 Å². The van der Waals surface area contributed by atoms with Crippen molar-refractivity contribution in [3.63, 3.8) is 0 Å². The Morgan fingerprint density at radius 1 is 1.22 bits per heavy atom. The van der Waals surface area contributed by atoms with E-state index in [0.717, 1.165) is 19.3 Å². The Morgan fingerprint density at radius 3 is 2.28 bits per heavy atom. The predicted octanol–water partition coefficient (Wildman–Crippen LogP) is 2.04. The first-order chi connectivity index (χ1) is 8.46. The van der Waals surface area contributed by atoms with Crippen molar-refractivity contribution >= 4 is 5.91 Å². The number of amides is 1. The average Bonchev–Trinajstić information content (AvgIpc) is 2.36. The van der Waals surface area contributed by atoms with Gasteiger partial charge in [-0.1, -0.05) is 31.2 Å². The molecule has 1 rings (SSSR count). The lowest BCUT2D eigenvalue weighted by atomic mass is 9.94. The largest absolute Gasteiger partial charge is 0.350 e. The molecule has 0 atom stereocenters. The summed E-state index contributed by atoms with van der Waals surface area (Å²) in [6.45, 7) is 6.26. The first kappa shape index (κ1) is 14.7. The number of carbonyl (C=O) groups is 1. The normalized spacial score (nSPS) is 11.3. The highest BCUT2D eigenvalue weighted by atomic mass is 16.1. The van der Waals surface area contributed by atoms with Gasteiger partial charge in [0.2, 0.25) is 5.91 Å². The zero-order valence-electron chi connectivity index (χ0n) is 11.6. The van der Waals surface area contributed by atoms with E-state index in [1.165, 1.54) is 11.1 Å². The molecule has 0 bridgehead atoms. The van der Waals surface area contributed by atoms with Crippen molar-refractivity contribution in [1.29, 1.82) is 0 Å². The van der Waals surface area contributed by atoms with Crippen LogP contribution in [0.1, 0.15) is 38.3 Å². The van der Waals surface area contributed by atoms with Gasteiger partial charge in [0, 0.05) is 5.54 Å². The molecule has 0 fully saturated rings. The van der Waals surface area contributed by atoms with Crippen LogP contribution in [0.25, 0.3) is 0 Å². The summed E-state index contributed by atoms with van der Waals surface area (Å²) in [4.78, 5) is 11.3. The molecule has 3 nitrogen and oxygen atoms in total. The fourth-order valence-electron chi connectivity index (χ4n) is 1.89. The number of carbonyl (C=O) groups excluding carboxylic acids is 1. The maximum absolute atomic E-state index is 11.3. The van der Waals surface area contributed by atoms with E-state index in [2.05, 4.69) is 36.5 Å². The van der Waals surface area contributed by atoms with Gasteiger partial charge in [-0.3, -0.25) is 4.79 Å². The SMILES string of the molecule is CCc1ccc(CCC(C)(C)NC(=O)CN)cc1. The third-order valence-corrected chi connectivity index (χ3v) is 3.13. The van der Waals surface area contributed by atoms with Crippen molar-refractivity contribution in [2.24, 2.45) is 5.73 Å². The second kappa shape index (κ2) is 6.55. The lowest BCUT2D eigenvalue weighted by Gasteiger charge is -2.26. The van der Waals surface area contributed by atoms with E-state index >= 15 is 0 Å². The van der Waals surface area contributed by atoms with E-state index in [9.17, 15) is 4.79 Å². The molecule has 0 aliphatic carbocycles. The molecule has 1 aromatic carbocycles. The molecule has 0 spiro atoms. The molecule has 100 valence electrons. The number of hydrogen-bond donors (Lipinski definition) is 2. The second-order valence-corrected chi connectivity index (χ2v) is 5.31. The quantitative estimate of drug-likeness (QED) is 0.809. The highest BCUT2D eigenvalue weighted by Gasteiger charge is 2.19. The van der Waals surface area contributed by atoms with Crippen molar-refractivity contribution in [3.05, 3.63) is 35.4 Å².